The van der Waals surface area contributed by atoms with Gasteiger partial charge in [-0.25, -0.2) is 0 Å². The number of nitrogens with one attached hydrogen (secondary N) is 1. The Morgan fingerprint density at radius 1 is 1.33 bits per heavy atom. The van der Waals surface area contributed by atoms with E-state index < -0.39 is 0 Å². The number of aldehydes is 1. The molecule has 2 saturated heterocycles. The van der Waals surface area contributed by atoms with Gasteiger partial charge >= 0.3 is 0 Å². The number of likely N-dealkylation sites (N-methyl/N-ethyl adjacent to an activating group) is 1. The lowest BCUT2D eigenvalue weighted by Crippen LogP contribution is -3.00. The van der Waals surface area contributed by atoms with Crippen LogP contribution >= 0.6 is 0 Å². The van der Waals surface area contributed by atoms with Crippen molar-refractivity contribution >= 4 is 12.0 Å². The normalized spacial score (nSPS) is 39.8. The van der Waals surface area contributed by atoms with Crippen LogP contribution in [0.4, 0.5) is 5.69 Å². The van der Waals surface area contributed by atoms with Gasteiger partial charge in [-0.05, 0) is 24.1 Å². The molecule has 5 rings (SSSR count). The van der Waals surface area contributed by atoms with Crippen LogP contribution in [0.1, 0.15) is 25.3 Å². The number of rotatable bonds is 1. The summed E-state index contributed by atoms with van der Waals surface area (Å²) in [5, 5.41) is 3.66. The fourth-order valence-electron chi connectivity index (χ4n) is 6.07. The quantitative estimate of drug-likeness (QED) is 0.442. The first-order valence-corrected chi connectivity index (χ1v) is 8.70. The average molecular weight is 343 g/mol. The van der Waals surface area contributed by atoms with Crippen LogP contribution < -0.4 is 17.7 Å². The van der Waals surface area contributed by atoms with E-state index in [9.17, 15) is 4.79 Å². The smallest absolute Gasteiger partial charge is 0.148 e. The Balaban J connectivity index is 0.00000146. The molecule has 2 fully saturated rings. The molecule has 126 valence electrons. The highest BCUT2D eigenvalue weighted by Gasteiger charge is 2.67. The third-order valence-electron chi connectivity index (χ3n) is 7.06. The summed E-state index contributed by atoms with van der Waals surface area (Å²) in [7, 11) is 2.42. The lowest BCUT2D eigenvalue weighted by atomic mass is 9.61. The molecule has 3 nitrogen and oxygen atoms in total. The molecule has 4 atom stereocenters. The summed E-state index contributed by atoms with van der Waals surface area (Å²) in [4.78, 5) is 12.0. The lowest BCUT2D eigenvalue weighted by Gasteiger charge is -2.51. The van der Waals surface area contributed by atoms with Crippen molar-refractivity contribution in [2.45, 2.75) is 31.2 Å². The topological polar surface area (TPSA) is 29.1 Å². The molecule has 0 unspecified atom stereocenters. The molecule has 3 heterocycles. The van der Waals surface area contributed by atoms with Crippen LogP contribution in [0.15, 0.2) is 47.2 Å². The zero-order chi connectivity index (χ0) is 15.8. The van der Waals surface area contributed by atoms with Gasteiger partial charge in [-0.15, -0.1) is 0 Å². The molecule has 4 heteroatoms. The van der Waals surface area contributed by atoms with Crippen molar-refractivity contribution in [1.82, 2.24) is 0 Å². The van der Waals surface area contributed by atoms with Gasteiger partial charge < -0.3 is 22.2 Å². The molecule has 1 spiro atoms. The van der Waals surface area contributed by atoms with Crippen LogP contribution in [-0.4, -0.2) is 36.9 Å². The largest absolute Gasteiger partial charge is 1.00 e. The standard InChI is InChI=1S/C20H22N2O.ClH/c1-3-13-11-22(2)9-8-20-16-6-4-5-7-17(16)21-19(20)15(12-23)14(13)10-18(20)22;/h3-7,12,14,18H,8-11H2,1-2H3;1H/b13-3+;/t14-,18-,20-,22-;/m0./s1. The number of piperidine rings is 1. The van der Waals surface area contributed by atoms with Crippen molar-refractivity contribution in [1.29, 1.82) is 0 Å². The molecule has 1 aromatic rings. The summed E-state index contributed by atoms with van der Waals surface area (Å²) < 4.78 is 1.13. The second kappa shape index (κ2) is 4.96. The second-order valence-corrected chi connectivity index (χ2v) is 7.87. The zero-order valence-corrected chi connectivity index (χ0v) is 14.9. The van der Waals surface area contributed by atoms with Crippen molar-refractivity contribution < 1.29 is 21.7 Å². The number of quaternary nitrogens is 1. The predicted octanol–water partition coefficient (Wildman–Crippen LogP) is 0.00560. The average Bonchev–Trinajstić information content (AvgIpc) is 3.08. The first-order chi connectivity index (χ1) is 11.1. The molecule has 2 bridgehead atoms. The summed E-state index contributed by atoms with van der Waals surface area (Å²) in [6.07, 6.45) is 5.65. The maximum Gasteiger partial charge on any atom is 0.148 e. The van der Waals surface area contributed by atoms with Crippen LogP contribution in [0.5, 0.6) is 0 Å². The summed E-state index contributed by atoms with van der Waals surface area (Å²) >= 11 is 0. The third-order valence-corrected chi connectivity index (χ3v) is 7.06. The molecule has 1 aliphatic carbocycles. The van der Waals surface area contributed by atoms with Crippen molar-refractivity contribution in [3.63, 3.8) is 0 Å². The van der Waals surface area contributed by atoms with Crippen LogP contribution in [0.3, 0.4) is 0 Å². The number of hydrogen-bond donors (Lipinski definition) is 1. The number of nitrogens with zero attached hydrogens (tertiary/aromatic N) is 1. The Kier molecular flexibility index (Phi) is 3.29. The molecule has 0 radical (unpaired) electrons. The van der Waals surface area contributed by atoms with Gasteiger partial charge in [0.2, 0.25) is 0 Å². The summed E-state index contributed by atoms with van der Waals surface area (Å²) in [6, 6.07) is 9.27. The van der Waals surface area contributed by atoms with Gasteiger partial charge in [0.25, 0.3) is 0 Å². The van der Waals surface area contributed by atoms with E-state index in [4.69, 9.17) is 0 Å². The van der Waals surface area contributed by atoms with Gasteiger partial charge in [0.05, 0.1) is 19.0 Å². The zero-order valence-electron chi connectivity index (χ0n) is 14.2. The Morgan fingerprint density at radius 3 is 2.88 bits per heavy atom. The number of halogens is 1. The molecular formula is C20H23ClN2O. The van der Waals surface area contributed by atoms with E-state index in [-0.39, 0.29) is 17.8 Å². The molecule has 0 amide bonds. The number of anilines is 1. The Hall–Kier alpha value is -1.58. The monoisotopic (exact) mass is 342 g/mol. The fourth-order valence-corrected chi connectivity index (χ4v) is 6.07. The van der Waals surface area contributed by atoms with E-state index in [1.165, 1.54) is 29.1 Å². The molecule has 0 aromatic heterocycles. The first-order valence-electron chi connectivity index (χ1n) is 8.70. The van der Waals surface area contributed by atoms with Crippen LogP contribution in [0, 0.1) is 5.92 Å². The highest BCUT2D eigenvalue weighted by Crippen LogP contribution is 2.62. The number of hydrogen-bond acceptors (Lipinski definition) is 2. The molecule has 24 heavy (non-hydrogen) atoms. The number of carbonyl (C=O) groups is 1. The summed E-state index contributed by atoms with van der Waals surface area (Å²) in [6.45, 7) is 4.42. The molecule has 1 aromatic carbocycles. The lowest BCUT2D eigenvalue weighted by molar-refractivity contribution is -0.923. The van der Waals surface area contributed by atoms with Crippen molar-refractivity contribution in [2.24, 2.45) is 5.92 Å². The Bertz CT molecular complexity index is 799. The van der Waals surface area contributed by atoms with Gasteiger partial charge in [0.1, 0.15) is 18.9 Å². The van der Waals surface area contributed by atoms with E-state index in [1.54, 1.807) is 0 Å². The maximum absolute atomic E-state index is 12.0. The SMILES string of the molecule is C/C=C1\C[N@+]2(C)CC[C@@]34C(=C(C=O)[C@H]1C[C@@H]32)Nc1ccccc14.[Cl-]. The number of allylic oxidation sites excluding steroid dienone is 2. The minimum absolute atomic E-state index is 0. The second-order valence-electron chi connectivity index (χ2n) is 7.87. The van der Waals surface area contributed by atoms with Gasteiger partial charge in [-0.3, -0.25) is 4.79 Å². The van der Waals surface area contributed by atoms with Gasteiger partial charge in [0.15, 0.2) is 0 Å². The molecule has 1 N–H and O–H groups in total. The summed E-state index contributed by atoms with van der Waals surface area (Å²) in [5.74, 6) is 0.316. The summed E-state index contributed by atoms with van der Waals surface area (Å²) in [5.41, 5.74) is 6.35. The third kappa shape index (κ3) is 1.60. The van der Waals surface area contributed by atoms with Crippen molar-refractivity contribution in [3.05, 3.63) is 52.7 Å². The highest BCUT2D eigenvalue weighted by atomic mass is 35.5. The molecular weight excluding hydrogens is 320 g/mol. The molecule has 3 aliphatic heterocycles. The highest BCUT2D eigenvalue weighted by molar-refractivity contribution is 5.84. The Labute approximate surface area is 149 Å². The van der Waals surface area contributed by atoms with E-state index >= 15 is 0 Å². The van der Waals surface area contributed by atoms with Gasteiger partial charge in [-0.1, -0.05) is 24.3 Å². The van der Waals surface area contributed by atoms with E-state index in [0.717, 1.165) is 35.7 Å². The number of carbonyl (C=O) groups excluding carboxylic acids is 1. The molecule has 4 aliphatic rings. The number of benzene rings is 1. The van der Waals surface area contributed by atoms with E-state index in [0.29, 0.717) is 12.0 Å². The minimum Gasteiger partial charge on any atom is -1.00 e. The molecule has 0 saturated carbocycles. The maximum atomic E-state index is 12.0. The van der Waals surface area contributed by atoms with Crippen LogP contribution in [0.2, 0.25) is 0 Å². The predicted molar refractivity (Wildman–Crippen MR) is 91.0 cm³/mol. The first kappa shape index (κ1) is 15.9. The van der Waals surface area contributed by atoms with E-state index in [1.807, 2.05) is 0 Å². The van der Waals surface area contributed by atoms with Crippen molar-refractivity contribution in [2.75, 3.05) is 25.5 Å². The van der Waals surface area contributed by atoms with Gasteiger partial charge in [0, 0.05) is 35.7 Å². The fraction of sp³-hybridized carbons (Fsp3) is 0.450. The van der Waals surface area contributed by atoms with Crippen molar-refractivity contribution in [3.8, 4) is 0 Å². The van der Waals surface area contributed by atoms with Crippen LogP contribution in [-0.2, 0) is 10.2 Å². The van der Waals surface area contributed by atoms with Crippen LogP contribution in [0.25, 0.3) is 0 Å². The Morgan fingerprint density at radius 2 is 2.12 bits per heavy atom. The van der Waals surface area contributed by atoms with E-state index in [2.05, 4.69) is 49.6 Å². The minimum atomic E-state index is 0. The number of fused-ring (bicyclic) bond motifs is 2. The van der Waals surface area contributed by atoms with Gasteiger partial charge in [-0.2, -0.15) is 0 Å². The number of para-hydroxylation sites is 1.